The number of hydrogen-bond donors (Lipinski definition) is 1. The molecule has 2 aromatic rings. The molecule has 3 rings (SSSR count). The first-order valence-electron chi connectivity index (χ1n) is 8.60. The van der Waals surface area contributed by atoms with Gasteiger partial charge < -0.3 is 10.2 Å². The fraction of sp³-hybridized carbons (Fsp3) is 0.300. The molecule has 0 atom stereocenters. The Kier molecular flexibility index (Phi) is 5.61. The lowest BCUT2D eigenvalue weighted by atomic mass is 10.0. The van der Waals surface area contributed by atoms with Gasteiger partial charge in [0.1, 0.15) is 11.6 Å². The van der Waals surface area contributed by atoms with Crippen LogP contribution in [0.15, 0.2) is 48.5 Å². The number of nitrogens with zero attached hydrogens (tertiary/aromatic N) is 1. The molecule has 136 valence electrons. The Morgan fingerprint density at radius 2 is 1.73 bits per heavy atom. The summed E-state index contributed by atoms with van der Waals surface area (Å²) in [6.07, 6.45) is 1.53. The summed E-state index contributed by atoms with van der Waals surface area (Å²) in [7, 11) is 0. The Hall–Kier alpha value is -2.76. The van der Waals surface area contributed by atoms with E-state index in [4.69, 9.17) is 0 Å². The summed E-state index contributed by atoms with van der Waals surface area (Å²) in [6, 6.07) is 12.4. The van der Waals surface area contributed by atoms with Crippen molar-refractivity contribution in [2.75, 3.05) is 13.1 Å². The van der Waals surface area contributed by atoms with E-state index in [0.29, 0.717) is 38.4 Å². The smallest absolute Gasteiger partial charge is 0.256 e. The summed E-state index contributed by atoms with van der Waals surface area (Å²) in [5.74, 6) is -2.06. The zero-order valence-electron chi connectivity index (χ0n) is 14.3. The molecule has 0 radical (unpaired) electrons. The molecule has 1 heterocycles. The maximum absolute atomic E-state index is 13.8. The molecule has 2 amide bonds. The predicted molar refractivity (Wildman–Crippen MR) is 93.6 cm³/mol. The van der Waals surface area contributed by atoms with Gasteiger partial charge in [0.2, 0.25) is 5.91 Å². The van der Waals surface area contributed by atoms with Crippen molar-refractivity contribution in [3.8, 4) is 0 Å². The van der Waals surface area contributed by atoms with Crippen LogP contribution in [0.2, 0.25) is 0 Å². The van der Waals surface area contributed by atoms with Crippen molar-refractivity contribution < 1.29 is 18.4 Å². The summed E-state index contributed by atoms with van der Waals surface area (Å²) < 4.78 is 26.7. The number of piperidine rings is 1. The molecular formula is C20H20F2N2O2. The number of benzene rings is 2. The van der Waals surface area contributed by atoms with Gasteiger partial charge in [0.15, 0.2) is 0 Å². The minimum absolute atomic E-state index is 0.00618. The van der Waals surface area contributed by atoms with Crippen molar-refractivity contribution in [1.82, 2.24) is 10.2 Å². The molecule has 26 heavy (non-hydrogen) atoms. The summed E-state index contributed by atoms with van der Waals surface area (Å²) >= 11 is 0. The van der Waals surface area contributed by atoms with Crippen LogP contribution in [0.25, 0.3) is 0 Å². The lowest BCUT2D eigenvalue weighted by molar-refractivity contribution is -0.121. The van der Waals surface area contributed by atoms with E-state index >= 15 is 0 Å². The second kappa shape index (κ2) is 8.08. The zero-order chi connectivity index (χ0) is 18.5. The van der Waals surface area contributed by atoms with E-state index in [1.165, 1.54) is 11.0 Å². The molecule has 0 unspecified atom stereocenters. The zero-order valence-corrected chi connectivity index (χ0v) is 14.3. The number of nitrogens with one attached hydrogen (secondary N) is 1. The predicted octanol–water partition coefficient (Wildman–Crippen LogP) is 2.93. The molecule has 0 spiro atoms. The van der Waals surface area contributed by atoms with E-state index in [2.05, 4.69) is 5.32 Å². The molecule has 0 bridgehead atoms. The molecule has 0 saturated carbocycles. The van der Waals surface area contributed by atoms with Crippen molar-refractivity contribution in [3.05, 3.63) is 71.3 Å². The lowest BCUT2D eigenvalue weighted by Crippen LogP contribution is -2.47. The first kappa shape index (κ1) is 18.0. The maximum atomic E-state index is 13.8. The summed E-state index contributed by atoms with van der Waals surface area (Å²) in [4.78, 5) is 26.0. The van der Waals surface area contributed by atoms with Crippen LogP contribution in [0.5, 0.6) is 0 Å². The van der Waals surface area contributed by atoms with Crippen molar-refractivity contribution in [1.29, 1.82) is 0 Å². The SMILES string of the molecule is O=C(Cc1ccccc1)NC1CCN(C(=O)c2ccc(F)cc2F)CC1. The third kappa shape index (κ3) is 4.45. The van der Waals surface area contributed by atoms with Crippen LogP contribution < -0.4 is 5.32 Å². The molecule has 0 aliphatic carbocycles. The number of carbonyl (C=O) groups is 2. The van der Waals surface area contributed by atoms with Crippen LogP contribution in [0, 0.1) is 11.6 Å². The largest absolute Gasteiger partial charge is 0.353 e. The molecule has 2 aromatic carbocycles. The Morgan fingerprint density at radius 3 is 2.38 bits per heavy atom. The van der Waals surface area contributed by atoms with Crippen LogP contribution in [-0.4, -0.2) is 35.8 Å². The first-order chi connectivity index (χ1) is 12.5. The highest BCUT2D eigenvalue weighted by molar-refractivity contribution is 5.94. The fourth-order valence-electron chi connectivity index (χ4n) is 3.12. The van der Waals surface area contributed by atoms with E-state index in [1.807, 2.05) is 30.3 Å². The maximum Gasteiger partial charge on any atom is 0.256 e. The van der Waals surface area contributed by atoms with Crippen molar-refractivity contribution >= 4 is 11.8 Å². The molecule has 1 aliphatic rings. The highest BCUT2D eigenvalue weighted by atomic mass is 19.1. The molecule has 1 saturated heterocycles. The number of carbonyl (C=O) groups excluding carboxylic acids is 2. The van der Waals surface area contributed by atoms with Gasteiger partial charge >= 0.3 is 0 Å². The quantitative estimate of drug-likeness (QED) is 0.914. The molecular weight excluding hydrogens is 338 g/mol. The van der Waals surface area contributed by atoms with Crippen molar-refractivity contribution in [2.45, 2.75) is 25.3 Å². The third-order valence-electron chi connectivity index (χ3n) is 4.52. The van der Waals surface area contributed by atoms with Gasteiger partial charge in [-0.25, -0.2) is 8.78 Å². The number of hydrogen-bond acceptors (Lipinski definition) is 2. The average Bonchev–Trinajstić information content (AvgIpc) is 2.62. The number of rotatable bonds is 4. The van der Waals surface area contributed by atoms with Gasteiger partial charge in [-0.15, -0.1) is 0 Å². The Morgan fingerprint density at radius 1 is 1.04 bits per heavy atom. The normalized spacial score (nSPS) is 14.9. The second-order valence-corrected chi connectivity index (χ2v) is 6.42. The Labute approximate surface area is 150 Å². The number of amides is 2. The summed E-state index contributed by atoms with van der Waals surface area (Å²) in [5, 5.41) is 2.98. The van der Waals surface area contributed by atoms with Gasteiger partial charge in [-0.05, 0) is 30.5 Å². The topological polar surface area (TPSA) is 49.4 Å². The Balaban J connectivity index is 1.51. The van der Waals surface area contributed by atoms with Crippen LogP contribution in [0.4, 0.5) is 8.78 Å². The minimum Gasteiger partial charge on any atom is -0.353 e. The van der Waals surface area contributed by atoms with Crippen molar-refractivity contribution in [3.63, 3.8) is 0 Å². The fourth-order valence-corrected chi connectivity index (χ4v) is 3.12. The second-order valence-electron chi connectivity index (χ2n) is 6.42. The average molecular weight is 358 g/mol. The molecule has 1 N–H and O–H groups in total. The molecule has 6 heteroatoms. The van der Waals surface area contributed by atoms with Crippen LogP contribution in [0.3, 0.4) is 0 Å². The van der Waals surface area contributed by atoms with Crippen LogP contribution in [0.1, 0.15) is 28.8 Å². The van der Waals surface area contributed by atoms with E-state index < -0.39 is 17.5 Å². The summed E-state index contributed by atoms with van der Waals surface area (Å²) in [6.45, 7) is 0.845. The van der Waals surface area contributed by atoms with Gasteiger partial charge in [-0.1, -0.05) is 30.3 Å². The molecule has 4 nitrogen and oxygen atoms in total. The van der Waals surface area contributed by atoms with Crippen LogP contribution >= 0.6 is 0 Å². The third-order valence-corrected chi connectivity index (χ3v) is 4.52. The molecule has 1 fully saturated rings. The van der Waals surface area contributed by atoms with Gasteiger partial charge in [-0.2, -0.15) is 0 Å². The van der Waals surface area contributed by atoms with Crippen LogP contribution in [-0.2, 0) is 11.2 Å². The van der Waals surface area contributed by atoms with E-state index in [9.17, 15) is 18.4 Å². The summed E-state index contributed by atoms with van der Waals surface area (Å²) in [5.41, 5.74) is 0.822. The minimum atomic E-state index is -0.853. The monoisotopic (exact) mass is 358 g/mol. The number of halogens is 2. The highest BCUT2D eigenvalue weighted by Gasteiger charge is 2.26. The molecule has 0 aromatic heterocycles. The Bertz CT molecular complexity index is 788. The first-order valence-corrected chi connectivity index (χ1v) is 8.60. The van der Waals surface area contributed by atoms with E-state index in [0.717, 1.165) is 11.6 Å². The van der Waals surface area contributed by atoms with Crippen molar-refractivity contribution in [2.24, 2.45) is 0 Å². The van der Waals surface area contributed by atoms with Gasteiger partial charge in [0, 0.05) is 25.2 Å². The molecule has 1 aliphatic heterocycles. The standard InChI is InChI=1S/C20H20F2N2O2/c21-15-6-7-17(18(22)13-15)20(26)24-10-8-16(9-11-24)23-19(25)12-14-4-2-1-3-5-14/h1-7,13,16H,8-12H2,(H,23,25). The number of likely N-dealkylation sites (tertiary alicyclic amines) is 1. The highest BCUT2D eigenvalue weighted by Crippen LogP contribution is 2.17. The van der Waals surface area contributed by atoms with Gasteiger partial charge in [-0.3, -0.25) is 9.59 Å². The van der Waals surface area contributed by atoms with Gasteiger partial charge in [0.05, 0.1) is 12.0 Å². The van der Waals surface area contributed by atoms with E-state index in [1.54, 1.807) is 0 Å². The van der Waals surface area contributed by atoms with E-state index in [-0.39, 0.29) is 17.5 Å². The lowest BCUT2D eigenvalue weighted by Gasteiger charge is -2.32. The van der Waals surface area contributed by atoms with Gasteiger partial charge in [0.25, 0.3) is 5.91 Å².